The van der Waals surface area contributed by atoms with Crippen LogP contribution in [0.4, 0.5) is 0 Å². The van der Waals surface area contributed by atoms with E-state index in [1.807, 2.05) is 0 Å². The largest absolute Gasteiger partial charge is 0.414 e. The zero-order valence-corrected chi connectivity index (χ0v) is 21.5. The van der Waals surface area contributed by atoms with Crippen LogP contribution in [0.15, 0.2) is 0 Å². The molecule has 0 unspecified atom stereocenters. The van der Waals surface area contributed by atoms with E-state index in [9.17, 15) is 5.11 Å². The summed E-state index contributed by atoms with van der Waals surface area (Å²) in [4.78, 5) is 0. The number of fused-ring (bicyclic) bond motifs is 1. The molecule has 30 heavy (non-hydrogen) atoms. The molecule has 0 aromatic heterocycles. The molecule has 0 amide bonds. The lowest BCUT2D eigenvalue weighted by Crippen LogP contribution is -2.51. The van der Waals surface area contributed by atoms with Gasteiger partial charge in [0.2, 0.25) is 0 Å². The Labute approximate surface area is 197 Å². The molecule has 2 aliphatic carbocycles. The number of aliphatic hydroxyl groups is 1. The van der Waals surface area contributed by atoms with Crippen molar-refractivity contribution in [3.63, 3.8) is 0 Å². The van der Waals surface area contributed by atoms with E-state index in [-0.39, 0.29) is 28.4 Å². The molecule has 0 saturated heterocycles. The van der Waals surface area contributed by atoms with Crippen molar-refractivity contribution in [3.05, 3.63) is 0 Å². The van der Waals surface area contributed by atoms with Crippen molar-refractivity contribution < 1.29 is 17.8 Å². The molecule has 2 rings (SSSR count). The SMILES string of the molecule is [2H]C([2H])([2H])C(O)(CCC[C@@](C)(CC#C)[C@H]1CC[C@H]2[C@@H](O[Si](C)(C)C(C)(C)C)CCC[C@]12C)C([2H])([2H])[2H]. The van der Waals surface area contributed by atoms with Crippen LogP contribution in [-0.2, 0) is 4.43 Å². The van der Waals surface area contributed by atoms with Crippen molar-refractivity contribution in [2.45, 2.75) is 136 Å². The third-order valence-corrected chi connectivity index (χ3v) is 13.5. The maximum atomic E-state index is 10.7. The standard InChI is InChI=1S/C27H50O2Si/c1-11-17-26(7,19-13-18-25(5,6)28)23-16-15-21-22(14-12-20-27(21,23)8)29-30(9,10)24(2,3)4/h1,21-23,28H,12-20H2,2-10H3/t21-,22-,23+,26+,27-/m0/s1/i5D3,6D3. The third-order valence-electron chi connectivity index (χ3n) is 8.95. The molecule has 3 heteroatoms. The highest BCUT2D eigenvalue weighted by atomic mass is 28.4. The van der Waals surface area contributed by atoms with Crippen molar-refractivity contribution in [1.82, 2.24) is 0 Å². The van der Waals surface area contributed by atoms with Crippen LogP contribution in [0.3, 0.4) is 0 Å². The highest BCUT2D eigenvalue weighted by Gasteiger charge is 2.57. The van der Waals surface area contributed by atoms with Gasteiger partial charge in [-0.2, -0.15) is 0 Å². The monoisotopic (exact) mass is 440 g/mol. The van der Waals surface area contributed by atoms with Crippen LogP contribution in [0.25, 0.3) is 0 Å². The Morgan fingerprint density at radius 3 is 2.40 bits per heavy atom. The Morgan fingerprint density at radius 2 is 1.83 bits per heavy atom. The van der Waals surface area contributed by atoms with Crippen molar-refractivity contribution in [1.29, 1.82) is 0 Å². The molecule has 0 aromatic carbocycles. The van der Waals surface area contributed by atoms with Crippen LogP contribution in [-0.4, -0.2) is 25.1 Å². The van der Waals surface area contributed by atoms with Gasteiger partial charge in [-0.15, -0.1) is 12.3 Å². The molecule has 0 spiro atoms. The first-order chi connectivity index (χ1) is 16.1. The smallest absolute Gasteiger partial charge is 0.192 e. The molecule has 2 aliphatic rings. The Morgan fingerprint density at radius 1 is 1.17 bits per heavy atom. The van der Waals surface area contributed by atoms with Crippen molar-refractivity contribution in [3.8, 4) is 12.3 Å². The molecule has 0 aromatic rings. The quantitative estimate of drug-likeness (QED) is 0.311. The third kappa shape index (κ3) is 5.54. The van der Waals surface area contributed by atoms with Gasteiger partial charge in [0.1, 0.15) is 0 Å². The lowest BCUT2D eigenvalue weighted by atomic mass is 9.56. The highest BCUT2D eigenvalue weighted by Crippen LogP contribution is 2.63. The Hall–Kier alpha value is -0.303. The first kappa shape index (κ1) is 18.2. The summed E-state index contributed by atoms with van der Waals surface area (Å²) in [6.45, 7) is 10.1. The summed E-state index contributed by atoms with van der Waals surface area (Å²) in [6.07, 6.45) is 12.7. The first-order valence-electron chi connectivity index (χ1n) is 14.9. The molecular formula is C27H50O2Si. The van der Waals surface area contributed by atoms with Gasteiger partial charge in [-0.25, -0.2) is 0 Å². The van der Waals surface area contributed by atoms with Gasteiger partial charge in [-0.05, 0) is 93.0 Å². The van der Waals surface area contributed by atoms with E-state index in [1.165, 1.54) is 0 Å². The van der Waals surface area contributed by atoms with Crippen LogP contribution in [0, 0.1) is 35.0 Å². The molecule has 0 heterocycles. The van der Waals surface area contributed by atoms with E-state index in [1.54, 1.807) is 0 Å². The van der Waals surface area contributed by atoms with Gasteiger partial charge in [-0.3, -0.25) is 0 Å². The van der Waals surface area contributed by atoms with Crippen LogP contribution in [0.1, 0.15) is 114 Å². The van der Waals surface area contributed by atoms with Crippen LogP contribution < -0.4 is 0 Å². The minimum absolute atomic E-state index is 0.0707. The summed E-state index contributed by atoms with van der Waals surface area (Å²) in [5.74, 6) is 3.67. The fourth-order valence-corrected chi connectivity index (χ4v) is 7.72. The molecule has 2 saturated carbocycles. The fraction of sp³-hybridized carbons (Fsp3) is 0.926. The van der Waals surface area contributed by atoms with E-state index in [0.717, 1.165) is 32.1 Å². The Kier molecular flexibility index (Phi) is 5.40. The molecule has 174 valence electrons. The Balaban J connectivity index is 2.27. The highest BCUT2D eigenvalue weighted by molar-refractivity contribution is 6.74. The van der Waals surface area contributed by atoms with E-state index in [2.05, 4.69) is 53.6 Å². The topological polar surface area (TPSA) is 29.5 Å². The average molecular weight is 441 g/mol. The lowest BCUT2D eigenvalue weighted by molar-refractivity contribution is -0.0444. The molecule has 2 nitrogen and oxygen atoms in total. The number of rotatable bonds is 8. The average Bonchev–Trinajstić information content (AvgIpc) is 3.04. The molecule has 0 bridgehead atoms. The van der Waals surface area contributed by atoms with E-state index in [0.29, 0.717) is 31.1 Å². The van der Waals surface area contributed by atoms with Crippen LogP contribution in [0.5, 0.6) is 0 Å². The van der Waals surface area contributed by atoms with Gasteiger partial charge in [-0.1, -0.05) is 47.5 Å². The molecule has 0 aliphatic heterocycles. The lowest BCUT2D eigenvalue weighted by Gasteiger charge is -2.52. The van der Waals surface area contributed by atoms with Crippen LogP contribution in [0.2, 0.25) is 18.1 Å². The van der Waals surface area contributed by atoms with Crippen LogP contribution >= 0.6 is 0 Å². The minimum Gasteiger partial charge on any atom is -0.414 e. The maximum absolute atomic E-state index is 10.7. The second kappa shape index (κ2) is 8.91. The second-order valence-electron chi connectivity index (χ2n) is 12.3. The Bertz CT molecular complexity index is 795. The zero-order chi connectivity index (χ0) is 28.0. The van der Waals surface area contributed by atoms with Gasteiger partial charge in [0, 0.05) is 20.7 Å². The summed E-state index contributed by atoms with van der Waals surface area (Å²) < 4.78 is 53.1. The van der Waals surface area contributed by atoms with Crippen molar-refractivity contribution in [2.24, 2.45) is 22.7 Å². The molecule has 1 N–H and O–H groups in total. The summed E-state index contributed by atoms with van der Waals surface area (Å²) >= 11 is 0. The molecule has 0 radical (unpaired) electrons. The minimum atomic E-state index is -2.98. The van der Waals surface area contributed by atoms with Gasteiger partial charge in [0.05, 0.1) is 5.60 Å². The second-order valence-corrected chi connectivity index (χ2v) is 17.1. The van der Waals surface area contributed by atoms with Gasteiger partial charge < -0.3 is 9.53 Å². The predicted octanol–water partition coefficient (Wildman–Crippen LogP) is 7.56. The summed E-state index contributed by atoms with van der Waals surface area (Å²) in [5.41, 5.74) is -2.91. The normalized spacial score (nSPS) is 36.2. The number of hydrogen-bond donors (Lipinski definition) is 1. The van der Waals surface area contributed by atoms with Gasteiger partial charge >= 0.3 is 0 Å². The molecular weight excluding hydrogens is 384 g/mol. The molecule has 5 atom stereocenters. The van der Waals surface area contributed by atoms with E-state index < -0.39 is 27.6 Å². The fourth-order valence-electron chi connectivity index (χ4n) is 6.33. The van der Waals surface area contributed by atoms with Gasteiger partial charge in [0.25, 0.3) is 0 Å². The van der Waals surface area contributed by atoms with Crippen molar-refractivity contribution >= 4 is 8.32 Å². The zero-order valence-electron chi connectivity index (χ0n) is 26.5. The van der Waals surface area contributed by atoms with E-state index >= 15 is 0 Å². The van der Waals surface area contributed by atoms with E-state index in [4.69, 9.17) is 19.1 Å². The van der Waals surface area contributed by atoms with Gasteiger partial charge in [0.15, 0.2) is 8.32 Å². The predicted molar refractivity (Wildman–Crippen MR) is 132 cm³/mol. The molecule has 2 fully saturated rings. The van der Waals surface area contributed by atoms with Crippen molar-refractivity contribution in [2.75, 3.05) is 0 Å². The number of hydrogen-bond acceptors (Lipinski definition) is 2. The maximum Gasteiger partial charge on any atom is 0.192 e. The number of terminal acetylenes is 1. The summed E-state index contributed by atoms with van der Waals surface area (Å²) in [7, 11) is -1.91. The first-order valence-corrected chi connectivity index (χ1v) is 14.8. The summed E-state index contributed by atoms with van der Waals surface area (Å²) in [5, 5.41) is 10.9. The summed E-state index contributed by atoms with van der Waals surface area (Å²) in [6, 6.07) is 0.